The van der Waals surface area contributed by atoms with Gasteiger partial charge in [-0.15, -0.1) is 0 Å². The molecule has 1 rings (SSSR count). The van der Waals surface area contributed by atoms with Gasteiger partial charge in [0.15, 0.2) is 11.5 Å². The van der Waals surface area contributed by atoms with Crippen molar-refractivity contribution in [2.75, 3.05) is 20.3 Å². The molecule has 0 atom stereocenters. The molecule has 0 saturated carbocycles. The van der Waals surface area contributed by atoms with Gasteiger partial charge in [-0.1, -0.05) is 19.1 Å². The minimum Gasteiger partial charge on any atom is -0.493 e. The standard InChI is InChI=1S/C16H25NO4/c1-5-9-17-10-12-7-6-8-13(20-4)14(12)21-11-16(2,3)15(18)19/h6-8,17H,5,9-11H2,1-4H3,(H,18,19). The lowest BCUT2D eigenvalue weighted by molar-refractivity contribution is -0.148. The van der Waals surface area contributed by atoms with Crippen LogP contribution in [0.15, 0.2) is 18.2 Å². The largest absolute Gasteiger partial charge is 0.493 e. The Balaban J connectivity index is 2.89. The van der Waals surface area contributed by atoms with Gasteiger partial charge >= 0.3 is 5.97 Å². The number of hydrogen-bond acceptors (Lipinski definition) is 4. The fraction of sp³-hybridized carbons (Fsp3) is 0.562. The third-order valence-corrected chi connectivity index (χ3v) is 3.18. The molecule has 0 aliphatic carbocycles. The van der Waals surface area contributed by atoms with E-state index in [0.29, 0.717) is 18.0 Å². The predicted octanol–water partition coefficient (Wildman–Crippen LogP) is 2.68. The summed E-state index contributed by atoms with van der Waals surface area (Å²) in [6.45, 7) is 7.04. The van der Waals surface area contributed by atoms with Crippen molar-refractivity contribution in [3.05, 3.63) is 23.8 Å². The van der Waals surface area contributed by atoms with Gasteiger partial charge in [0.05, 0.1) is 12.5 Å². The fourth-order valence-corrected chi connectivity index (χ4v) is 1.74. The van der Waals surface area contributed by atoms with E-state index in [2.05, 4.69) is 12.2 Å². The first-order valence-electron chi connectivity index (χ1n) is 7.15. The number of carbonyl (C=O) groups is 1. The highest BCUT2D eigenvalue weighted by atomic mass is 16.5. The Bertz CT molecular complexity index is 471. The minimum atomic E-state index is -0.949. The van der Waals surface area contributed by atoms with Crippen LogP contribution in [0.25, 0.3) is 0 Å². The first-order valence-corrected chi connectivity index (χ1v) is 7.15. The van der Waals surface area contributed by atoms with E-state index in [1.807, 2.05) is 18.2 Å². The molecule has 5 nitrogen and oxygen atoms in total. The number of carboxylic acids is 1. The summed E-state index contributed by atoms with van der Waals surface area (Å²) in [6.07, 6.45) is 1.05. The Morgan fingerprint density at radius 2 is 2.10 bits per heavy atom. The van der Waals surface area contributed by atoms with E-state index in [1.54, 1.807) is 21.0 Å². The Hall–Kier alpha value is -1.75. The lowest BCUT2D eigenvalue weighted by atomic mass is 9.95. The van der Waals surface area contributed by atoms with E-state index in [1.165, 1.54) is 0 Å². The summed E-state index contributed by atoms with van der Waals surface area (Å²) < 4.78 is 11.1. The van der Waals surface area contributed by atoms with Gasteiger partial charge < -0.3 is 19.9 Å². The van der Waals surface area contributed by atoms with Crippen molar-refractivity contribution >= 4 is 5.97 Å². The quantitative estimate of drug-likeness (QED) is 0.686. The molecule has 1 aromatic rings. The van der Waals surface area contributed by atoms with E-state index >= 15 is 0 Å². The van der Waals surface area contributed by atoms with E-state index in [4.69, 9.17) is 14.6 Å². The molecule has 0 radical (unpaired) electrons. The third-order valence-electron chi connectivity index (χ3n) is 3.18. The second-order valence-corrected chi connectivity index (χ2v) is 5.60. The van der Waals surface area contributed by atoms with E-state index in [9.17, 15) is 4.79 Å². The Morgan fingerprint density at radius 3 is 2.67 bits per heavy atom. The van der Waals surface area contributed by atoms with Crippen molar-refractivity contribution in [2.45, 2.75) is 33.7 Å². The first kappa shape index (κ1) is 17.3. The molecule has 2 N–H and O–H groups in total. The van der Waals surface area contributed by atoms with Gasteiger partial charge in [0.1, 0.15) is 6.61 Å². The van der Waals surface area contributed by atoms with Crippen LogP contribution in [-0.4, -0.2) is 31.3 Å². The molecule has 21 heavy (non-hydrogen) atoms. The zero-order valence-electron chi connectivity index (χ0n) is 13.2. The summed E-state index contributed by atoms with van der Waals surface area (Å²) in [7, 11) is 1.58. The fourth-order valence-electron chi connectivity index (χ4n) is 1.74. The number of ether oxygens (including phenoxy) is 2. The summed E-state index contributed by atoms with van der Waals surface area (Å²) in [5.41, 5.74) is 0.0126. The molecule has 0 aromatic heterocycles. The molecule has 0 amide bonds. The minimum absolute atomic E-state index is 0.0868. The number of nitrogens with one attached hydrogen (secondary N) is 1. The van der Waals surface area contributed by atoms with Crippen LogP contribution in [0.4, 0.5) is 0 Å². The number of carboxylic acid groups (broad SMARTS) is 1. The highest BCUT2D eigenvalue weighted by Crippen LogP contribution is 2.32. The number of benzene rings is 1. The van der Waals surface area contributed by atoms with Crippen molar-refractivity contribution in [2.24, 2.45) is 5.41 Å². The smallest absolute Gasteiger partial charge is 0.312 e. The average molecular weight is 295 g/mol. The van der Waals surface area contributed by atoms with Crippen molar-refractivity contribution < 1.29 is 19.4 Å². The van der Waals surface area contributed by atoms with Crippen LogP contribution in [0.2, 0.25) is 0 Å². The maximum absolute atomic E-state index is 11.2. The van der Waals surface area contributed by atoms with Crippen LogP contribution < -0.4 is 14.8 Å². The summed E-state index contributed by atoms with van der Waals surface area (Å²) in [6, 6.07) is 5.66. The molecule has 5 heteroatoms. The molecule has 0 bridgehead atoms. The molecular formula is C16H25NO4. The van der Waals surface area contributed by atoms with Crippen molar-refractivity contribution in [3.8, 4) is 11.5 Å². The lowest BCUT2D eigenvalue weighted by Crippen LogP contribution is -2.31. The molecule has 0 fully saturated rings. The predicted molar refractivity (Wildman–Crippen MR) is 81.9 cm³/mol. The molecule has 0 spiro atoms. The van der Waals surface area contributed by atoms with Crippen LogP contribution in [0, 0.1) is 5.41 Å². The van der Waals surface area contributed by atoms with Gasteiger partial charge in [0.25, 0.3) is 0 Å². The zero-order chi connectivity index (χ0) is 15.9. The van der Waals surface area contributed by atoms with E-state index < -0.39 is 11.4 Å². The molecule has 0 aliphatic rings. The van der Waals surface area contributed by atoms with Crippen molar-refractivity contribution in [3.63, 3.8) is 0 Å². The molecule has 0 saturated heterocycles. The van der Waals surface area contributed by atoms with Crippen LogP contribution in [0.3, 0.4) is 0 Å². The second-order valence-electron chi connectivity index (χ2n) is 5.60. The summed E-state index contributed by atoms with van der Waals surface area (Å²) in [5.74, 6) is 0.341. The lowest BCUT2D eigenvalue weighted by Gasteiger charge is -2.22. The van der Waals surface area contributed by atoms with Gasteiger partial charge in [-0.25, -0.2) is 0 Å². The van der Waals surface area contributed by atoms with Gasteiger partial charge in [0, 0.05) is 12.1 Å². The number of para-hydroxylation sites is 1. The van der Waals surface area contributed by atoms with Gasteiger partial charge in [-0.2, -0.15) is 0 Å². The number of methoxy groups -OCH3 is 1. The van der Waals surface area contributed by atoms with Crippen molar-refractivity contribution in [1.29, 1.82) is 0 Å². The maximum Gasteiger partial charge on any atom is 0.312 e. The zero-order valence-corrected chi connectivity index (χ0v) is 13.2. The molecule has 1 aromatic carbocycles. The Kier molecular flexibility index (Phi) is 6.49. The highest BCUT2D eigenvalue weighted by Gasteiger charge is 2.29. The van der Waals surface area contributed by atoms with Crippen LogP contribution in [-0.2, 0) is 11.3 Å². The second kappa shape index (κ2) is 7.88. The molecule has 0 unspecified atom stereocenters. The highest BCUT2D eigenvalue weighted by molar-refractivity contribution is 5.73. The summed E-state index contributed by atoms with van der Waals surface area (Å²) >= 11 is 0. The van der Waals surface area contributed by atoms with E-state index in [0.717, 1.165) is 18.5 Å². The van der Waals surface area contributed by atoms with Crippen LogP contribution in [0.5, 0.6) is 11.5 Å². The Labute approximate surface area is 126 Å². The number of rotatable bonds is 9. The Morgan fingerprint density at radius 1 is 1.38 bits per heavy atom. The topological polar surface area (TPSA) is 67.8 Å². The summed E-state index contributed by atoms with van der Waals surface area (Å²) in [4.78, 5) is 11.2. The maximum atomic E-state index is 11.2. The van der Waals surface area contributed by atoms with Crippen LogP contribution in [0.1, 0.15) is 32.8 Å². The van der Waals surface area contributed by atoms with Gasteiger partial charge in [-0.3, -0.25) is 4.79 Å². The third kappa shape index (κ3) is 4.93. The van der Waals surface area contributed by atoms with Gasteiger partial charge in [0.2, 0.25) is 0 Å². The molecule has 0 aliphatic heterocycles. The van der Waals surface area contributed by atoms with Gasteiger partial charge in [-0.05, 0) is 32.9 Å². The number of hydrogen-bond donors (Lipinski definition) is 2. The summed E-state index contributed by atoms with van der Waals surface area (Å²) in [5, 5.41) is 12.5. The van der Waals surface area contributed by atoms with Crippen LogP contribution >= 0.6 is 0 Å². The van der Waals surface area contributed by atoms with Crippen molar-refractivity contribution in [1.82, 2.24) is 5.32 Å². The molecule has 118 valence electrons. The monoisotopic (exact) mass is 295 g/mol. The SMILES string of the molecule is CCCNCc1cccc(OC)c1OCC(C)(C)C(=O)O. The molecule has 0 heterocycles. The average Bonchev–Trinajstić information content (AvgIpc) is 2.45. The first-order chi connectivity index (χ1) is 9.92. The number of aliphatic carboxylic acids is 1. The van der Waals surface area contributed by atoms with E-state index in [-0.39, 0.29) is 6.61 Å². The molecular weight excluding hydrogens is 270 g/mol. The normalized spacial score (nSPS) is 11.2.